The lowest BCUT2D eigenvalue weighted by atomic mass is 10.2. The molecule has 0 saturated carbocycles. The number of nitriles is 1. The number of halogens is 1. The van der Waals surface area contributed by atoms with E-state index in [1.54, 1.807) is 24.3 Å². The van der Waals surface area contributed by atoms with E-state index in [-0.39, 0.29) is 6.03 Å². The highest BCUT2D eigenvalue weighted by atomic mass is 79.9. The van der Waals surface area contributed by atoms with E-state index in [1.807, 2.05) is 35.0 Å². The van der Waals surface area contributed by atoms with E-state index in [1.165, 1.54) is 0 Å². The van der Waals surface area contributed by atoms with Crippen LogP contribution in [0.15, 0.2) is 53.3 Å². The second kappa shape index (κ2) is 6.50. The normalized spacial score (nSPS) is 10.3. The molecular formula is C16H12BrN5O. The van der Waals surface area contributed by atoms with Gasteiger partial charge < -0.3 is 15.0 Å². The number of nitrogens with one attached hydrogen (secondary N) is 2. The van der Waals surface area contributed by atoms with Gasteiger partial charge in [-0.15, -0.1) is 0 Å². The number of nitrogens with zero attached hydrogens (tertiary/aromatic N) is 3. The number of benzene rings is 1. The maximum Gasteiger partial charge on any atom is 0.319 e. The molecular weight excluding hydrogens is 358 g/mol. The predicted molar refractivity (Wildman–Crippen MR) is 89.9 cm³/mol. The Morgan fingerprint density at radius 1 is 1.30 bits per heavy atom. The second-order valence-corrected chi connectivity index (χ2v) is 5.76. The molecule has 0 unspecified atom stereocenters. The van der Waals surface area contributed by atoms with Gasteiger partial charge in [0, 0.05) is 22.6 Å². The molecule has 0 aliphatic carbocycles. The third-order valence-electron chi connectivity index (χ3n) is 3.14. The second-order valence-electron chi connectivity index (χ2n) is 4.85. The first-order valence-corrected chi connectivity index (χ1v) is 7.61. The Balaban J connectivity index is 1.62. The SMILES string of the molecule is N#Cc1cccc(NC(=O)NCc2cn3cc(Br)ccc3n2)c1. The lowest BCUT2D eigenvalue weighted by Crippen LogP contribution is -2.28. The highest BCUT2D eigenvalue weighted by Gasteiger charge is 2.05. The van der Waals surface area contributed by atoms with Gasteiger partial charge in [-0.1, -0.05) is 6.07 Å². The van der Waals surface area contributed by atoms with Crippen LogP contribution < -0.4 is 10.6 Å². The molecule has 0 aliphatic rings. The molecule has 7 heteroatoms. The van der Waals surface area contributed by atoms with Crippen molar-refractivity contribution in [3.63, 3.8) is 0 Å². The van der Waals surface area contributed by atoms with Gasteiger partial charge in [0.15, 0.2) is 0 Å². The van der Waals surface area contributed by atoms with Crippen molar-refractivity contribution in [1.29, 1.82) is 5.26 Å². The van der Waals surface area contributed by atoms with E-state index in [4.69, 9.17) is 5.26 Å². The van der Waals surface area contributed by atoms with Crippen LogP contribution >= 0.6 is 15.9 Å². The van der Waals surface area contributed by atoms with Crippen LogP contribution in [0.1, 0.15) is 11.3 Å². The number of aromatic nitrogens is 2. The number of carbonyl (C=O) groups is 1. The van der Waals surface area contributed by atoms with E-state index in [0.29, 0.717) is 17.8 Å². The summed E-state index contributed by atoms with van der Waals surface area (Å²) < 4.78 is 2.84. The summed E-state index contributed by atoms with van der Waals surface area (Å²) >= 11 is 3.40. The van der Waals surface area contributed by atoms with Gasteiger partial charge in [0.25, 0.3) is 0 Å². The Morgan fingerprint density at radius 2 is 2.17 bits per heavy atom. The minimum Gasteiger partial charge on any atom is -0.332 e. The summed E-state index contributed by atoms with van der Waals surface area (Å²) in [5, 5.41) is 14.3. The van der Waals surface area contributed by atoms with E-state index in [9.17, 15) is 4.79 Å². The van der Waals surface area contributed by atoms with Gasteiger partial charge in [0.1, 0.15) is 5.65 Å². The van der Waals surface area contributed by atoms with Gasteiger partial charge in [0.2, 0.25) is 0 Å². The van der Waals surface area contributed by atoms with E-state index in [2.05, 4.69) is 31.5 Å². The molecule has 0 spiro atoms. The summed E-state index contributed by atoms with van der Waals surface area (Å²) in [6.45, 7) is 0.309. The maximum absolute atomic E-state index is 11.9. The molecule has 2 amide bonds. The molecule has 3 rings (SSSR count). The molecule has 0 atom stereocenters. The molecule has 2 heterocycles. The standard InChI is InChI=1S/C16H12BrN5O/c17-12-4-5-15-20-14(10-22(15)9-12)8-19-16(23)21-13-3-1-2-11(6-13)7-18/h1-6,9-10H,8H2,(H2,19,21,23). The molecule has 0 bridgehead atoms. The van der Waals surface area contributed by atoms with Crippen LogP contribution in [0.3, 0.4) is 0 Å². The number of urea groups is 1. The zero-order chi connectivity index (χ0) is 16.2. The lowest BCUT2D eigenvalue weighted by molar-refractivity contribution is 0.251. The van der Waals surface area contributed by atoms with Crippen LogP contribution in [0, 0.1) is 11.3 Å². The summed E-state index contributed by atoms with van der Waals surface area (Å²) in [6, 6.07) is 12.2. The summed E-state index contributed by atoms with van der Waals surface area (Å²) in [5.74, 6) is 0. The number of imidazole rings is 1. The number of pyridine rings is 1. The molecule has 2 N–H and O–H groups in total. The Bertz CT molecular complexity index is 912. The molecule has 0 radical (unpaired) electrons. The van der Waals surface area contributed by atoms with Gasteiger partial charge in [0.05, 0.1) is 23.9 Å². The van der Waals surface area contributed by atoms with Gasteiger partial charge in [-0.25, -0.2) is 9.78 Å². The van der Waals surface area contributed by atoms with Crippen molar-refractivity contribution in [3.05, 3.63) is 64.5 Å². The Kier molecular flexibility index (Phi) is 4.26. The third kappa shape index (κ3) is 3.67. The number of fused-ring (bicyclic) bond motifs is 1. The number of rotatable bonds is 3. The van der Waals surface area contributed by atoms with E-state index < -0.39 is 0 Å². The summed E-state index contributed by atoms with van der Waals surface area (Å²) in [6.07, 6.45) is 3.76. The number of hydrogen-bond donors (Lipinski definition) is 2. The summed E-state index contributed by atoms with van der Waals surface area (Å²) in [4.78, 5) is 16.3. The molecule has 3 aromatic rings. The van der Waals surface area contributed by atoms with Crippen molar-refractivity contribution in [2.75, 3.05) is 5.32 Å². The Morgan fingerprint density at radius 3 is 3.00 bits per heavy atom. The summed E-state index contributed by atoms with van der Waals surface area (Å²) in [5.41, 5.74) is 2.63. The van der Waals surface area contributed by atoms with Gasteiger partial charge in [-0.2, -0.15) is 5.26 Å². The quantitative estimate of drug-likeness (QED) is 0.742. The van der Waals surface area contributed by atoms with Crippen molar-refractivity contribution in [2.24, 2.45) is 0 Å². The first-order valence-electron chi connectivity index (χ1n) is 6.82. The summed E-state index contributed by atoms with van der Waals surface area (Å²) in [7, 11) is 0. The monoisotopic (exact) mass is 369 g/mol. The van der Waals surface area contributed by atoms with Crippen LogP contribution in [0.4, 0.5) is 10.5 Å². The van der Waals surface area contributed by atoms with Crippen molar-refractivity contribution in [2.45, 2.75) is 6.54 Å². The topological polar surface area (TPSA) is 82.2 Å². The zero-order valence-electron chi connectivity index (χ0n) is 12.0. The predicted octanol–water partition coefficient (Wildman–Crippen LogP) is 3.29. The third-order valence-corrected chi connectivity index (χ3v) is 3.61. The Labute approximate surface area is 140 Å². The van der Waals surface area contributed by atoms with Crippen LogP contribution in [-0.4, -0.2) is 15.4 Å². The molecule has 0 saturated heterocycles. The van der Waals surface area contributed by atoms with E-state index >= 15 is 0 Å². The van der Waals surface area contributed by atoms with Gasteiger partial charge in [-0.05, 0) is 46.3 Å². The van der Waals surface area contributed by atoms with Crippen molar-refractivity contribution in [3.8, 4) is 6.07 Å². The molecule has 114 valence electrons. The molecule has 0 fully saturated rings. The maximum atomic E-state index is 11.9. The minimum absolute atomic E-state index is 0.309. The molecule has 0 aliphatic heterocycles. The first-order chi connectivity index (χ1) is 11.1. The van der Waals surface area contributed by atoms with E-state index in [0.717, 1.165) is 15.8 Å². The highest BCUT2D eigenvalue weighted by Crippen LogP contribution is 2.13. The van der Waals surface area contributed by atoms with Crippen LogP contribution in [0.25, 0.3) is 5.65 Å². The van der Waals surface area contributed by atoms with Crippen LogP contribution in [0.5, 0.6) is 0 Å². The first kappa shape index (κ1) is 15.1. The lowest BCUT2D eigenvalue weighted by Gasteiger charge is -2.06. The molecule has 2 aromatic heterocycles. The zero-order valence-corrected chi connectivity index (χ0v) is 13.5. The number of hydrogen-bond acceptors (Lipinski definition) is 3. The van der Waals surface area contributed by atoms with Crippen molar-refractivity contribution < 1.29 is 4.79 Å². The molecule has 1 aromatic carbocycles. The fraction of sp³-hybridized carbons (Fsp3) is 0.0625. The minimum atomic E-state index is -0.349. The smallest absolute Gasteiger partial charge is 0.319 e. The fourth-order valence-electron chi connectivity index (χ4n) is 2.12. The van der Waals surface area contributed by atoms with Gasteiger partial charge in [-0.3, -0.25) is 0 Å². The number of amides is 2. The fourth-order valence-corrected chi connectivity index (χ4v) is 2.47. The van der Waals surface area contributed by atoms with Crippen LogP contribution in [0.2, 0.25) is 0 Å². The van der Waals surface area contributed by atoms with Crippen LogP contribution in [-0.2, 0) is 6.54 Å². The average molecular weight is 370 g/mol. The average Bonchev–Trinajstić information content (AvgIpc) is 2.95. The van der Waals surface area contributed by atoms with Gasteiger partial charge >= 0.3 is 6.03 Å². The Hall–Kier alpha value is -2.85. The largest absolute Gasteiger partial charge is 0.332 e. The number of anilines is 1. The van der Waals surface area contributed by atoms with Crippen molar-refractivity contribution >= 4 is 33.3 Å². The number of carbonyl (C=O) groups excluding carboxylic acids is 1. The highest BCUT2D eigenvalue weighted by molar-refractivity contribution is 9.10. The molecule has 6 nitrogen and oxygen atoms in total. The molecule has 23 heavy (non-hydrogen) atoms. The van der Waals surface area contributed by atoms with Crippen molar-refractivity contribution in [1.82, 2.24) is 14.7 Å².